The van der Waals surface area contributed by atoms with Gasteiger partial charge in [-0.05, 0) is 6.42 Å². The van der Waals surface area contributed by atoms with Gasteiger partial charge in [0, 0.05) is 0 Å². The van der Waals surface area contributed by atoms with Gasteiger partial charge in [-0.25, -0.2) is 24.3 Å². The molecule has 0 bridgehead atoms. The van der Waals surface area contributed by atoms with Crippen molar-refractivity contribution < 1.29 is 22.2 Å². The van der Waals surface area contributed by atoms with Gasteiger partial charge < -0.3 is 5.11 Å². The van der Waals surface area contributed by atoms with Gasteiger partial charge in [0.05, 0.1) is 6.10 Å². The molecule has 82 valence electrons. The van der Waals surface area contributed by atoms with Crippen LogP contribution in [0.3, 0.4) is 0 Å². The third-order valence-corrected chi connectivity index (χ3v) is 2.02. The molecular weight excluding hydrogens is 228 g/mol. The molecule has 0 aliphatic carbocycles. The monoisotopic (exact) mass is 244 g/mol. The van der Waals surface area contributed by atoms with Crippen molar-refractivity contribution in [2.75, 3.05) is 0 Å². The maximum atomic E-state index is 9.22. The third-order valence-electron chi connectivity index (χ3n) is 2.02. The number of aliphatic hydroxyl groups is 1. The van der Waals surface area contributed by atoms with E-state index >= 15 is 0 Å². The van der Waals surface area contributed by atoms with Gasteiger partial charge in [0.15, 0.2) is 0 Å². The molecule has 2 rings (SSSR count). The summed E-state index contributed by atoms with van der Waals surface area (Å²) in [6, 6.07) is 17.8. The quantitative estimate of drug-likeness (QED) is 0.635. The molecule has 0 aliphatic rings. The predicted octanol–water partition coefficient (Wildman–Crippen LogP) is 3.25. The molecule has 15 heavy (non-hydrogen) atoms. The summed E-state index contributed by atoms with van der Waals surface area (Å²) >= 11 is 0. The van der Waals surface area contributed by atoms with Gasteiger partial charge in [0.25, 0.3) is 0 Å². The first-order valence-corrected chi connectivity index (χ1v) is 4.91. The van der Waals surface area contributed by atoms with Gasteiger partial charge in [-0.2, -0.15) is 30.3 Å². The topological polar surface area (TPSA) is 20.2 Å². The van der Waals surface area contributed by atoms with Crippen LogP contribution < -0.4 is 0 Å². The molecule has 0 radical (unpaired) electrons. The Hall–Kier alpha value is -0.821. The average molecular weight is 244 g/mol. The summed E-state index contributed by atoms with van der Waals surface area (Å²) in [4.78, 5) is 0. The van der Waals surface area contributed by atoms with E-state index in [0.717, 1.165) is 12.0 Å². The van der Waals surface area contributed by atoms with Gasteiger partial charge in [0.2, 0.25) is 0 Å². The van der Waals surface area contributed by atoms with Gasteiger partial charge in [-0.1, -0.05) is 6.92 Å². The molecule has 2 heteroatoms. The average Bonchev–Trinajstić information content (AvgIpc) is 2.91. The zero-order valence-electron chi connectivity index (χ0n) is 8.78. The zero-order chi connectivity index (χ0) is 10.2. The fourth-order valence-corrected chi connectivity index (χ4v) is 1.17. The van der Waals surface area contributed by atoms with Crippen LogP contribution in [-0.2, 0) is 17.1 Å². The van der Waals surface area contributed by atoms with Crippen molar-refractivity contribution in [3.8, 4) is 0 Å². The van der Waals surface area contributed by atoms with Gasteiger partial charge in [-0.3, -0.25) is 0 Å². The molecule has 1 atom stereocenters. The zero-order valence-corrected chi connectivity index (χ0v) is 9.89. The summed E-state index contributed by atoms with van der Waals surface area (Å²) in [5.41, 5.74) is 1.03. The SMILES string of the molecule is CCC(O)c1ccc[cH-]1.[Fe+2].c1cc[cH-]c1. The molecular formula is C13H16FeO. The third kappa shape index (κ3) is 5.58. The van der Waals surface area contributed by atoms with Crippen LogP contribution in [0.25, 0.3) is 0 Å². The van der Waals surface area contributed by atoms with E-state index in [-0.39, 0.29) is 23.2 Å². The van der Waals surface area contributed by atoms with Crippen molar-refractivity contribution in [2.45, 2.75) is 19.4 Å². The van der Waals surface area contributed by atoms with Gasteiger partial charge >= 0.3 is 17.1 Å². The summed E-state index contributed by atoms with van der Waals surface area (Å²) in [5.74, 6) is 0. The van der Waals surface area contributed by atoms with Gasteiger partial charge in [0.1, 0.15) is 0 Å². The fourth-order valence-electron chi connectivity index (χ4n) is 1.17. The second kappa shape index (κ2) is 8.48. The second-order valence-corrected chi connectivity index (χ2v) is 3.10. The largest absolute Gasteiger partial charge is 2.00 e. The molecule has 0 spiro atoms. The number of aliphatic hydroxyl groups excluding tert-OH is 1. The fraction of sp³-hybridized carbons (Fsp3) is 0.231. The Balaban J connectivity index is 0.000000280. The first kappa shape index (κ1) is 14.2. The Labute approximate surface area is 102 Å². The number of hydrogen-bond acceptors (Lipinski definition) is 1. The predicted molar refractivity (Wildman–Crippen MR) is 59.3 cm³/mol. The molecule has 0 saturated heterocycles. The normalized spacial score (nSPS) is 10.8. The molecule has 1 N–H and O–H groups in total. The van der Waals surface area contributed by atoms with E-state index in [1.165, 1.54) is 0 Å². The summed E-state index contributed by atoms with van der Waals surface area (Å²) < 4.78 is 0. The van der Waals surface area contributed by atoms with E-state index in [0.29, 0.717) is 0 Å². The van der Waals surface area contributed by atoms with Crippen molar-refractivity contribution in [1.82, 2.24) is 0 Å². The van der Waals surface area contributed by atoms with Crippen molar-refractivity contribution in [3.05, 3.63) is 60.2 Å². The molecule has 1 unspecified atom stereocenters. The Kier molecular flexibility index (Phi) is 8.02. The van der Waals surface area contributed by atoms with E-state index in [1.54, 1.807) is 0 Å². The van der Waals surface area contributed by atoms with Crippen molar-refractivity contribution in [1.29, 1.82) is 0 Å². The minimum atomic E-state index is -0.264. The minimum absolute atomic E-state index is 0. The van der Waals surface area contributed by atoms with Crippen LogP contribution in [0.15, 0.2) is 54.6 Å². The first-order chi connectivity index (χ1) is 6.84. The summed E-state index contributed by atoms with van der Waals surface area (Å²) in [6.45, 7) is 1.97. The van der Waals surface area contributed by atoms with E-state index in [1.807, 2.05) is 61.5 Å². The van der Waals surface area contributed by atoms with Gasteiger partial charge in [-0.15, -0.1) is 5.56 Å². The summed E-state index contributed by atoms with van der Waals surface area (Å²) in [5, 5.41) is 9.22. The molecule has 0 aliphatic heterocycles. The molecule has 2 aromatic carbocycles. The Morgan fingerprint density at radius 2 is 1.87 bits per heavy atom. The second-order valence-electron chi connectivity index (χ2n) is 3.10. The van der Waals surface area contributed by atoms with E-state index in [2.05, 4.69) is 0 Å². The van der Waals surface area contributed by atoms with Crippen LogP contribution in [0.4, 0.5) is 0 Å². The molecule has 1 nitrogen and oxygen atoms in total. The Bertz CT molecular complexity index is 280. The van der Waals surface area contributed by atoms with Crippen LogP contribution in [0.2, 0.25) is 0 Å². The maximum absolute atomic E-state index is 9.22. The van der Waals surface area contributed by atoms with E-state index in [9.17, 15) is 5.11 Å². The number of rotatable bonds is 2. The van der Waals surface area contributed by atoms with Crippen LogP contribution in [0.1, 0.15) is 25.0 Å². The molecule has 0 saturated carbocycles. The minimum Gasteiger partial charge on any atom is -0.391 e. The Morgan fingerprint density at radius 3 is 2.20 bits per heavy atom. The molecule has 2 aromatic rings. The number of hydrogen-bond donors (Lipinski definition) is 1. The van der Waals surface area contributed by atoms with Crippen LogP contribution in [0.5, 0.6) is 0 Å². The molecule has 0 heterocycles. The smallest absolute Gasteiger partial charge is 0.391 e. The van der Waals surface area contributed by atoms with Crippen molar-refractivity contribution in [2.24, 2.45) is 0 Å². The summed E-state index contributed by atoms with van der Waals surface area (Å²) in [7, 11) is 0. The van der Waals surface area contributed by atoms with Crippen molar-refractivity contribution >= 4 is 0 Å². The van der Waals surface area contributed by atoms with Crippen LogP contribution in [-0.4, -0.2) is 5.11 Å². The first-order valence-electron chi connectivity index (χ1n) is 4.91. The molecule has 0 amide bonds. The summed E-state index contributed by atoms with van der Waals surface area (Å²) in [6.07, 6.45) is 0.532. The van der Waals surface area contributed by atoms with E-state index < -0.39 is 0 Å². The molecule has 0 aromatic heterocycles. The van der Waals surface area contributed by atoms with Crippen LogP contribution >= 0.6 is 0 Å². The van der Waals surface area contributed by atoms with Crippen molar-refractivity contribution in [3.63, 3.8) is 0 Å². The van der Waals surface area contributed by atoms with E-state index in [4.69, 9.17) is 0 Å². The molecule has 0 fully saturated rings. The van der Waals surface area contributed by atoms with Crippen LogP contribution in [0, 0.1) is 0 Å². The Morgan fingerprint density at radius 1 is 1.20 bits per heavy atom. The standard InChI is InChI=1S/C8H11O.C5H5.Fe/c1-2-8(9)7-5-3-4-6-7;1-2-4-5-3-1;/h3-6,8-9H,2H2,1H3;1-5H;/q2*-1;+2. The maximum Gasteiger partial charge on any atom is 2.00 e.